The standard InChI is InChI=1S/C33H39NO10/c1-21-32(43-19-23-7-11-26(39-3)12-8-23)29(42-18-22-5-9-25(38-2)10-6-22)20-41-16-14-24(33(37)44-21)17-27(35)30-31(36)28(40-4)13-15-34-30/h5-13,15,21,24,29,32,36H,14,16-20H2,1-4H3/t21-,24+,29-,32-/m0/s1. The number of rotatable bonds is 12. The number of benzene rings is 2. The van der Waals surface area contributed by atoms with E-state index < -0.39 is 36.0 Å². The molecule has 0 bridgehead atoms. The van der Waals surface area contributed by atoms with E-state index >= 15 is 0 Å². The van der Waals surface area contributed by atoms with Gasteiger partial charge < -0.3 is 38.3 Å². The zero-order valence-electron chi connectivity index (χ0n) is 25.4. The predicted octanol–water partition coefficient (Wildman–Crippen LogP) is 4.52. The molecule has 0 unspecified atom stereocenters. The van der Waals surface area contributed by atoms with Crippen LogP contribution < -0.4 is 14.2 Å². The van der Waals surface area contributed by atoms with E-state index in [0.717, 1.165) is 22.6 Å². The van der Waals surface area contributed by atoms with Gasteiger partial charge in [0, 0.05) is 25.3 Å². The largest absolute Gasteiger partial charge is 0.503 e. The van der Waals surface area contributed by atoms with Gasteiger partial charge in [0.25, 0.3) is 0 Å². The maximum Gasteiger partial charge on any atom is 0.309 e. The molecule has 4 rings (SSSR count). The Labute approximate surface area is 257 Å². The summed E-state index contributed by atoms with van der Waals surface area (Å²) in [4.78, 5) is 30.5. The summed E-state index contributed by atoms with van der Waals surface area (Å²) in [7, 11) is 4.58. The summed E-state index contributed by atoms with van der Waals surface area (Å²) in [6.45, 7) is 2.57. The Balaban J connectivity index is 1.50. The van der Waals surface area contributed by atoms with Gasteiger partial charge in [0.05, 0.1) is 47.1 Å². The maximum absolute atomic E-state index is 13.4. The van der Waals surface area contributed by atoms with Gasteiger partial charge in [-0.3, -0.25) is 9.59 Å². The van der Waals surface area contributed by atoms with Crippen LogP contribution in [0.4, 0.5) is 0 Å². The quantitative estimate of drug-likeness (QED) is 0.230. The molecule has 0 spiro atoms. The molecule has 1 N–H and O–H groups in total. The number of hydrogen-bond acceptors (Lipinski definition) is 11. The van der Waals surface area contributed by atoms with Crippen molar-refractivity contribution in [3.05, 3.63) is 77.6 Å². The first-order valence-corrected chi connectivity index (χ1v) is 14.3. The van der Waals surface area contributed by atoms with Gasteiger partial charge in [-0.15, -0.1) is 0 Å². The summed E-state index contributed by atoms with van der Waals surface area (Å²) >= 11 is 0. The Hall–Kier alpha value is -4.19. The second-order valence-corrected chi connectivity index (χ2v) is 10.4. The van der Waals surface area contributed by atoms with E-state index in [1.165, 1.54) is 19.4 Å². The van der Waals surface area contributed by atoms with E-state index in [1.54, 1.807) is 21.1 Å². The Morgan fingerprint density at radius 2 is 1.52 bits per heavy atom. The fourth-order valence-corrected chi connectivity index (χ4v) is 4.82. The van der Waals surface area contributed by atoms with Crippen LogP contribution in [0.2, 0.25) is 0 Å². The zero-order valence-corrected chi connectivity index (χ0v) is 25.4. The predicted molar refractivity (Wildman–Crippen MR) is 159 cm³/mol. The lowest BCUT2D eigenvalue weighted by Gasteiger charge is -2.33. The Kier molecular flexibility index (Phi) is 11.9. The highest BCUT2D eigenvalue weighted by molar-refractivity contribution is 5.99. The van der Waals surface area contributed by atoms with Gasteiger partial charge in [0.15, 0.2) is 23.0 Å². The van der Waals surface area contributed by atoms with Gasteiger partial charge in [0.2, 0.25) is 0 Å². The first-order chi connectivity index (χ1) is 21.3. The molecule has 11 heteroatoms. The number of Topliss-reactive ketones (excluding diaryl/α,β-unsaturated/α-hetero) is 1. The van der Waals surface area contributed by atoms with E-state index in [-0.39, 0.29) is 56.5 Å². The first kappa shape index (κ1) is 32.7. The van der Waals surface area contributed by atoms with Crippen LogP contribution in [0.25, 0.3) is 0 Å². The lowest BCUT2D eigenvalue weighted by atomic mass is 9.96. The van der Waals surface area contributed by atoms with Crippen molar-refractivity contribution >= 4 is 11.8 Å². The van der Waals surface area contributed by atoms with Crippen molar-refractivity contribution in [2.75, 3.05) is 34.5 Å². The van der Waals surface area contributed by atoms with Crippen LogP contribution >= 0.6 is 0 Å². The minimum atomic E-state index is -0.823. The van der Waals surface area contributed by atoms with Gasteiger partial charge in [0.1, 0.15) is 29.8 Å². The third-order valence-corrected chi connectivity index (χ3v) is 7.38. The fourth-order valence-electron chi connectivity index (χ4n) is 4.82. The van der Waals surface area contributed by atoms with Crippen molar-refractivity contribution in [2.24, 2.45) is 5.92 Å². The zero-order chi connectivity index (χ0) is 31.5. The molecule has 1 aliphatic rings. The summed E-state index contributed by atoms with van der Waals surface area (Å²) in [5, 5.41) is 10.4. The molecule has 1 aromatic heterocycles. The highest BCUT2D eigenvalue weighted by atomic mass is 16.6. The van der Waals surface area contributed by atoms with Crippen molar-refractivity contribution in [1.82, 2.24) is 4.98 Å². The van der Waals surface area contributed by atoms with Gasteiger partial charge in [-0.25, -0.2) is 4.98 Å². The van der Waals surface area contributed by atoms with Gasteiger partial charge in [-0.1, -0.05) is 24.3 Å². The highest BCUT2D eigenvalue weighted by Gasteiger charge is 2.36. The Bertz CT molecular complexity index is 1360. The molecule has 0 amide bonds. The van der Waals surface area contributed by atoms with Crippen LogP contribution in [0, 0.1) is 5.92 Å². The number of carbonyl (C=O) groups excluding carboxylic acids is 2. The molecular formula is C33H39NO10. The SMILES string of the molecule is COc1ccc(CO[C@H]2[C@H](C)OC(=O)[C@@H](CC(=O)c3nccc(OC)c3O)CCOC[C@@H]2OCc2ccc(OC)cc2)cc1. The van der Waals surface area contributed by atoms with Crippen LogP contribution in [0.5, 0.6) is 23.0 Å². The van der Waals surface area contributed by atoms with Gasteiger partial charge >= 0.3 is 5.97 Å². The molecule has 236 valence electrons. The Morgan fingerprint density at radius 1 is 0.909 bits per heavy atom. The van der Waals surface area contributed by atoms with Crippen molar-refractivity contribution in [2.45, 2.75) is 51.3 Å². The number of nitrogens with zero attached hydrogens (tertiary/aromatic N) is 1. The summed E-state index contributed by atoms with van der Waals surface area (Å²) in [6, 6.07) is 16.4. The van der Waals surface area contributed by atoms with E-state index in [1.807, 2.05) is 48.5 Å². The van der Waals surface area contributed by atoms with Gasteiger partial charge in [-0.2, -0.15) is 0 Å². The highest BCUT2D eigenvalue weighted by Crippen LogP contribution is 2.30. The monoisotopic (exact) mass is 609 g/mol. The third kappa shape index (κ3) is 8.68. The van der Waals surface area contributed by atoms with Crippen LogP contribution in [-0.4, -0.2) is 74.7 Å². The molecule has 11 nitrogen and oxygen atoms in total. The number of ketones is 1. The summed E-state index contributed by atoms with van der Waals surface area (Å²) in [5.41, 5.74) is 1.65. The Morgan fingerprint density at radius 3 is 2.11 bits per heavy atom. The lowest BCUT2D eigenvalue weighted by Crippen LogP contribution is -2.46. The molecule has 3 aromatic rings. The van der Waals surface area contributed by atoms with Crippen LogP contribution in [0.15, 0.2) is 60.8 Å². The normalized spacial score (nSPS) is 20.8. The number of aromatic nitrogens is 1. The van der Waals surface area contributed by atoms with Gasteiger partial charge in [-0.05, 0) is 48.7 Å². The molecule has 2 heterocycles. The minimum absolute atomic E-state index is 0.117. The molecule has 2 aromatic carbocycles. The van der Waals surface area contributed by atoms with Crippen molar-refractivity contribution < 1.29 is 47.9 Å². The molecule has 44 heavy (non-hydrogen) atoms. The van der Waals surface area contributed by atoms with Crippen molar-refractivity contribution in [3.63, 3.8) is 0 Å². The van der Waals surface area contributed by atoms with Crippen LogP contribution in [0.1, 0.15) is 41.4 Å². The van der Waals surface area contributed by atoms with E-state index in [9.17, 15) is 14.7 Å². The molecule has 0 radical (unpaired) electrons. The number of hydrogen-bond donors (Lipinski definition) is 1. The average Bonchev–Trinajstić information content (AvgIpc) is 3.04. The molecule has 0 aliphatic carbocycles. The second-order valence-electron chi connectivity index (χ2n) is 10.4. The fraction of sp³-hybridized carbons (Fsp3) is 0.424. The number of cyclic esters (lactones) is 1. The second kappa shape index (κ2) is 16.0. The molecule has 1 aliphatic heterocycles. The average molecular weight is 610 g/mol. The number of aromatic hydroxyl groups is 1. The van der Waals surface area contributed by atoms with Crippen molar-refractivity contribution in [3.8, 4) is 23.0 Å². The van der Waals surface area contributed by atoms with Crippen molar-refractivity contribution in [1.29, 1.82) is 0 Å². The molecule has 4 atom stereocenters. The van der Waals surface area contributed by atoms with E-state index in [4.69, 9.17) is 33.2 Å². The lowest BCUT2D eigenvalue weighted by molar-refractivity contribution is -0.184. The number of carbonyl (C=O) groups is 2. The molecular weight excluding hydrogens is 570 g/mol. The van der Waals surface area contributed by atoms with E-state index in [2.05, 4.69) is 4.98 Å². The minimum Gasteiger partial charge on any atom is -0.503 e. The number of methoxy groups -OCH3 is 3. The summed E-state index contributed by atoms with van der Waals surface area (Å²) in [5.74, 6) is -0.708. The number of pyridine rings is 1. The number of esters is 1. The van der Waals surface area contributed by atoms with E-state index in [0.29, 0.717) is 0 Å². The molecule has 1 saturated heterocycles. The number of ether oxygens (including phenoxy) is 7. The van der Waals surface area contributed by atoms with Crippen LogP contribution in [-0.2, 0) is 37.0 Å². The molecule has 0 saturated carbocycles. The van der Waals surface area contributed by atoms with Crippen LogP contribution in [0.3, 0.4) is 0 Å². The molecule has 1 fully saturated rings. The smallest absolute Gasteiger partial charge is 0.309 e. The summed E-state index contributed by atoms with van der Waals surface area (Å²) < 4.78 is 40.1. The first-order valence-electron chi connectivity index (χ1n) is 14.3. The third-order valence-electron chi connectivity index (χ3n) is 7.38. The summed E-state index contributed by atoms with van der Waals surface area (Å²) in [6.07, 6.45) is -0.655. The topological polar surface area (TPSA) is 132 Å². The maximum atomic E-state index is 13.4.